The number of benzene rings is 1. The van der Waals surface area contributed by atoms with Gasteiger partial charge < -0.3 is 0 Å². The predicted octanol–water partition coefficient (Wildman–Crippen LogP) is 2.83. The Morgan fingerprint density at radius 1 is 1.04 bits per heavy atom. The van der Waals surface area contributed by atoms with E-state index in [9.17, 15) is 14.9 Å². The van der Waals surface area contributed by atoms with Crippen molar-refractivity contribution in [2.75, 3.05) is 0 Å². The Labute approximate surface area is 138 Å². The lowest BCUT2D eigenvalue weighted by molar-refractivity contribution is -0.683. The molecule has 3 rings (SSSR count). The van der Waals surface area contributed by atoms with Crippen LogP contribution in [0.4, 0.5) is 5.69 Å². The molecule has 0 saturated heterocycles. The van der Waals surface area contributed by atoms with Gasteiger partial charge in [-0.25, -0.2) is 0 Å². The van der Waals surface area contributed by atoms with E-state index in [-0.39, 0.29) is 18.0 Å². The summed E-state index contributed by atoms with van der Waals surface area (Å²) in [5, 5.41) is 10.8. The fraction of sp³-hybridized carbons (Fsp3) is 0.0556. The number of pyridine rings is 2. The van der Waals surface area contributed by atoms with E-state index in [4.69, 9.17) is 0 Å². The van der Waals surface area contributed by atoms with Gasteiger partial charge in [0, 0.05) is 42.2 Å². The van der Waals surface area contributed by atoms with E-state index in [2.05, 4.69) is 4.98 Å². The van der Waals surface area contributed by atoms with Gasteiger partial charge in [0.2, 0.25) is 12.3 Å². The zero-order chi connectivity index (χ0) is 16.9. The van der Waals surface area contributed by atoms with Gasteiger partial charge >= 0.3 is 0 Å². The second-order valence-electron chi connectivity index (χ2n) is 5.23. The van der Waals surface area contributed by atoms with E-state index < -0.39 is 4.92 Å². The molecule has 6 heteroatoms. The van der Waals surface area contributed by atoms with E-state index in [0.29, 0.717) is 5.56 Å². The molecule has 0 aliphatic carbocycles. The lowest BCUT2D eigenvalue weighted by Gasteiger charge is -2.01. The molecule has 0 fully saturated rings. The van der Waals surface area contributed by atoms with Gasteiger partial charge in [-0.3, -0.25) is 19.9 Å². The van der Waals surface area contributed by atoms with Crippen LogP contribution in [0.25, 0.3) is 11.1 Å². The van der Waals surface area contributed by atoms with Crippen molar-refractivity contribution < 1.29 is 14.3 Å². The van der Waals surface area contributed by atoms with Crippen molar-refractivity contribution in [2.45, 2.75) is 6.54 Å². The quantitative estimate of drug-likeness (QED) is 0.313. The first-order valence-electron chi connectivity index (χ1n) is 7.30. The Hall–Kier alpha value is -3.41. The molecular formula is C18H14N3O3+. The highest BCUT2D eigenvalue weighted by atomic mass is 16.6. The minimum absolute atomic E-state index is 0.0844. The lowest BCUT2D eigenvalue weighted by Crippen LogP contribution is -2.37. The molecule has 0 bridgehead atoms. The molecule has 118 valence electrons. The van der Waals surface area contributed by atoms with Crippen LogP contribution in [0.5, 0.6) is 0 Å². The molecule has 2 aromatic heterocycles. The van der Waals surface area contributed by atoms with Crippen LogP contribution in [-0.2, 0) is 6.54 Å². The Morgan fingerprint density at radius 3 is 2.38 bits per heavy atom. The maximum Gasteiger partial charge on any atom is 0.270 e. The minimum Gasteiger partial charge on any atom is -0.287 e. The Balaban J connectivity index is 1.75. The van der Waals surface area contributed by atoms with Gasteiger partial charge in [-0.2, -0.15) is 4.57 Å². The van der Waals surface area contributed by atoms with Gasteiger partial charge in [0.1, 0.15) is 0 Å². The van der Waals surface area contributed by atoms with Crippen LogP contribution in [0.1, 0.15) is 10.4 Å². The molecular weight excluding hydrogens is 306 g/mol. The average molecular weight is 320 g/mol. The second-order valence-corrected chi connectivity index (χ2v) is 5.23. The first kappa shape index (κ1) is 15.5. The molecule has 0 spiro atoms. The molecule has 0 saturated carbocycles. The van der Waals surface area contributed by atoms with Crippen molar-refractivity contribution in [2.24, 2.45) is 0 Å². The Bertz CT molecular complexity index is 878. The molecule has 6 nitrogen and oxygen atoms in total. The molecule has 0 N–H and O–H groups in total. The lowest BCUT2D eigenvalue weighted by atomic mass is 10.1. The summed E-state index contributed by atoms with van der Waals surface area (Å²) >= 11 is 0. The molecule has 1 aromatic carbocycles. The second kappa shape index (κ2) is 6.78. The topological polar surface area (TPSA) is 77.0 Å². The summed E-state index contributed by atoms with van der Waals surface area (Å²) in [5.41, 5.74) is 2.31. The third-order valence-electron chi connectivity index (χ3n) is 3.61. The average Bonchev–Trinajstić information content (AvgIpc) is 2.63. The van der Waals surface area contributed by atoms with Crippen molar-refractivity contribution in [3.8, 4) is 11.1 Å². The highest BCUT2D eigenvalue weighted by Gasteiger charge is 2.15. The molecule has 0 unspecified atom stereocenters. The van der Waals surface area contributed by atoms with Crippen molar-refractivity contribution >= 4 is 11.5 Å². The number of nitro benzene ring substituents is 1. The number of ketones is 1. The summed E-state index contributed by atoms with van der Waals surface area (Å²) < 4.78 is 1.74. The van der Waals surface area contributed by atoms with E-state index in [1.807, 2.05) is 36.7 Å². The van der Waals surface area contributed by atoms with Crippen LogP contribution < -0.4 is 4.57 Å². The maximum absolute atomic E-state index is 12.3. The van der Waals surface area contributed by atoms with Crippen LogP contribution in [-0.4, -0.2) is 15.7 Å². The van der Waals surface area contributed by atoms with Gasteiger partial charge in [0.15, 0.2) is 12.4 Å². The number of non-ortho nitro benzene ring substituents is 1. The van der Waals surface area contributed by atoms with Crippen molar-refractivity contribution in [1.82, 2.24) is 4.98 Å². The first-order chi connectivity index (χ1) is 11.6. The smallest absolute Gasteiger partial charge is 0.270 e. The molecule has 3 aromatic rings. The molecule has 0 radical (unpaired) electrons. The van der Waals surface area contributed by atoms with E-state index in [0.717, 1.165) is 11.1 Å². The maximum atomic E-state index is 12.3. The highest BCUT2D eigenvalue weighted by Crippen LogP contribution is 2.16. The summed E-state index contributed by atoms with van der Waals surface area (Å²) in [6.45, 7) is 0.123. The summed E-state index contributed by atoms with van der Waals surface area (Å²) in [6, 6.07) is 13.4. The SMILES string of the molecule is O=C(C[n+]1ccc(-c2ccncc2)cc1)c1cccc([N+](=O)[O-])c1. The minimum atomic E-state index is -0.507. The predicted molar refractivity (Wildman–Crippen MR) is 87.3 cm³/mol. The number of nitro groups is 1. The molecule has 0 atom stereocenters. The monoisotopic (exact) mass is 320 g/mol. The molecule has 24 heavy (non-hydrogen) atoms. The largest absolute Gasteiger partial charge is 0.287 e. The molecule has 0 amide bonds. The van der Waals surface area contributed by atoms with Crippen molar-refractivity contribution in [3.63, 3.8) is 0 Å². The van der Waals surface area contributed by atoms with Gasteiger partial charge in [0.05, 0.1) is 4.92 Å². The van der Waals surface area contributed by atoms with Crippen molar-refractivity contribution in [1.29, 1.82) is 0 Å². The summed E-state index contributed by atoms with van der Waals surface area (Å²) in [7, 11) is 0. The number of Topliss-reactive ketones (excluding diaryl/α,β-unsaturated/α-hetero) is 1. The normalized spacial score (nSPS) is 10.3. The van der Waals surface area contributed by atoms with E-state index >= 15 is 0 Å². The van der Waals surface area contributed by atoms with E-state index in [1.165, 1.54) is 18.2 Å². The molecule has 2 heterocycles. The highest BCUT2D eigenvalue weighted by molar-refractivity contribution is 5.95. The van der Waals surface area contributed by atoms with Gasteiger partial charge in [-0.15, -0.1) is 0 Å². The Morgan fingerprint density at radius 2 is 1.71 bits per heavy atom. The zero-order valence-corrected chi connectivity index (χ0v) is 12.7. The van der Waals surface area contributed by atoms with Gasteiger partial charge in [-0.1, -0.05) is 12.1 Å². The third kappa shape index (κ3) is 3.49. The zero-order valence-electron chi connectivity index (χ0n) is 12.7. The Kier molecular flexibility index (Phi) is 4.38. The summed E-state index contributed by atoms with van der Waals surface area (Å²) in [4.78, 5) is 26.6. The van der Waals surface area contributed by atoms with Crippen LogP contribution in [0.3, 0.4) is 0 Å². The fourth-order valence-corrected chi connectivity index (χ4v) is 2.35. The van der Waals surface area contributed by atoms with Crippen LogP contribution in [0.2, 0.25) is 0 Å². The standard InChI is InChI=1S/C18H14N3O3/c22-18(16-2-1-3-17(12-16)21(23)24)13-20-10-6-15(7-11-20)14-4-8-19-9-5-14/h1-12H,13H2/q+1. The van der Waals surface area contributed by atoms with Gasteiger partial charge in [-0.05, 0) is 23.3 Å². The third-order valence-corrected chi connectivity index (χ3v) is 3.61. The van der Waals surface area contributed by atoms with Crippen LogP contribution in [0.15, 0.2) is 73.3 Å². The number of aromatic nitrogens is 2. The first-order valence-corrected chi connectivity index (χ1v) is 7.30. The number of hydrogen-bond donors (Lipinski definition) is 0. The number of carbonyl (C=O) groups excluding carboxylic acids is 1. The summed E-state index contributed by atoms with van der Waals surface area (Å²) in [6.07, 6.45) is 7.07. The number of rotatable bonds is 5. The van der Waals surface area contributed by atoms with Crippen LogP contribution in [0, 0.1) is 10.1 Å². The molecule has 0 aliphatic rings. The van der Waals surface area contributed by atoms with Crippen LogP contribution >= 0.6 is 0 Å². The molecule has 0 aliphatic heterocycles. The number of carbonyl (C=O) groups is 1. The van der Waals surface area contributed by atoms with E-state index in [1.54, 1.807) is 23.0 Å². The number of nitrogens with zero attached hydrogens (tertiary/aromatic N) is 3. The van der Waals surface area contributed by atoms with Gasteiger partial charge in [0.25, 0.3) is 5.69 Å². The fourth-order valence-electron chi connectivity index (χ4n) is 2.35. The van der Waals surface area contributed by atoms with Crippen molar-refractivity contribution in [3.05, 3.63) is 89.0 Å². The summed E-state index contributed by atoms with van der Waals surface area (Å²) in [5.74, 6) is -0.180. The number of hydrogen-bond acceptors (Lipinski definition) is 4.